The summed E-state index contributed by atoms with van der Waals surface area (Å²) in [5.74, 6) is 0.188. The summed E-state index contributed by atoms with van der Waals surface area (Å²) in [5, 5.41) is 3.68. The zero-order chi connectivity index (χ0) is 20.1. The molecule has 0 bridgehead atoms. The lowest BCUT2D eigenvalue weighted by Gasteiger charge is -2.13. The fourth-order valence-corrected chi connectivity index (χ4v) is 2.67. The van der Waals surface area contributed by atoms with Crippen LogP contribution in [0.25, 0.3) is 10.9 Å². The van der Waals surface area contributed by atoms with Crippen LogP contribution in [-0.4, -0.2) is 36.3 Å². The first kappa shape index (κ1) is 19.6. The molecule has 3 aromatic rings. The van der Waals surface area contributed by atoms with Crippen molar-refractivity contribution in [1.29, 1.82) is 0 Å². The van der Waals surface area contributed by atoms with Crippen LogP contribution in [0, 0.1) is 5.82 Å². The number of anilines is 2. The highest BCUT2D eigenvalue weighted by Crippen LogP contribution is 2.35. The molecular weight excluding hydrogens is 389 g/mol. The fraction of sp³-hybridized carbons (Fsp3) is 0.211. The van der Waals surface area contributed by atoms with Crippen LogP contribution in [0.4, 0.5) is 15.9 Å². The van der Waals surface area contributed by atoms with Gasteiger partial charge in [-0.25, -0.2) is 19.2 Å². The van der Waals surface area contributed by atoms with E-state index < -0.39 is 11.8 Å². The van der Waals surface area contributed by atoms with E-state index >= 15 is 0 Å². The van der Waals surface area contributed by atoms with Gasteiger partial charge in [-0.3, -0.25) is 0 Å². The van der Waals surface area contributed by atoms with Crippen LogP contribution in [0.15, 0.2) is 36.7 Å². The van der Waals surface area contributed by atoms with Gasteiger partial charge in [-0.2, -0.15) is 0 Å². The van der Waals surface area contributed by atoms with Gasteiger partial charge >= 0.3 is 5.97 Å². The minimum Gasteiger partial charge on any atom is -0.493 e. The van der Waals surface area contributed by atoms with E-state index in [0.717, 1.165) is 0 Å². The highest BCUT2D eigenvalue weighted by molar-refractivity contribution is 6.31. The Bertz CT molecular complexity index is 1020. The molecule has 0 saturated heterocycles. The van der Waals surface area contributed by atoms with Gasteiger partial charge in [0.15, 0.2) is 18.1 Å². The molecule has 0 amide bonds. The number of carbonyl (C=O) groups is 1. The molecule has 28 heavy (non-hydrogen) atoms. The maximum absolute atomic E-state index is 13.4. The molecule has 0 unspecified atom stereocenters. The van der Waals surface area contributed by atoms with E-state index in [9.17, 15) is 9.18 Å². The third-order valence-corrected chi connectivity index (χ3v) is 4.04. The average molecular weight is 406 g/mol. The van der Waals surface area contributed by atoms with Crippen molar-refractivity contribution in [2.45, 2.75) is 6.92 Å². The van der Waals surface area contributed by atoms with Gasteiger partial charge in [0, 0.05) is 17.1 Å². The zero-order valence-corrected chi connectivity index (χ0v) is 15.9. The van der Waals surface area contributed by atoms with E-state index in [0.29, 0.717) is 33.9 Å². The van der Waals surface area contributed by atoms with Crippen LogP contribution in [0.2, 0.25) is 5.02 Å². The molecule has 0 spiro atoms. The Hall–Kier alpha value is -3.13. The van der Waals surface area contributed by atoms with Gasteiger partial charge in [0.2, 0.25) is 0 Å². The first-order valence-corrected chi connectivity index (χ1v) is 8.73. The molecule has 1 aromatic heterocycles. The summed E-state index contributed by atoms with van der Waals surface area (Å²) in [6, 6.07) is 7.56. The molecule has 0 fully saturated rings. The van der Waals surface area contributed by atoms with E-state index in [1.807, 2.05) is 0 Å². The Morgan fingerprint density at radius 2 is 2.04 bits per heavy atom. The van der Waals surface area contributed by atoms with Gasteiger partial charge < -0.3 is 19.5 Å². The van der Waals surface area contributed by atoms with Crippen LogP contribution >= 0.6 is 11.6 Å². The quantitative estimate of drug-likeness (QED) is 0.592. The highest BCUT2D eigenvalue weighted by Gasteiger charge is 2.14. The van der Waals surface area contributed by atoms with Gasteiger partial charge in [-0.05, 0) is 31.2 Å². The lowest BCUT2D eigenvalue weighted by molar-refractivity contribution is -0.145. The minimum absolute atomic E-state index is 0.0107. The Kier molecular flexibility index (Phi) is 6.10. The molecule has 0 radical (unpaired) electrons. The zero-order valence-electron chi connectivity index (χ0n) is 15.2. The summed E-state index contributed by atoms with van der Waals surface area (Å²) in [4.78, 5) is 20.0. The number of hydrogen-bond donors (Lipinski definition) is 1. The molecule has 0 aliphatic rings. The lowest BCUT2D eigenvalue weighted by atomic mass is 10.2. The second-order valence-corrected chi connectivity index (χ2v) is 6.00. The Morgan fingerprint density at radius 1 is 1.21 bits per heavy atom. The number of nitrogens with one attached hydrogen (secondary N) is 1. The number of esters is 1. The Morgan fingerprint density at radius 3 is 2.75 bits per heavy atom. The number of carbonyl (C=O) groups excluding carboxylic acids is 1. The molecule has 0 aliphatic heterocycles. The monoisotopic (exact) mass is 405 g/mol. The van der Waals surface area contributed by atoms with Crippen LogP contribution in [0.3, 0.4) is 0 Å². The van der Waals surface area contributed by atoms with E-state index in [-0.39, 0.29) is 18.2 Å². The Labute approximate surface area is 165 Å². The summed E-state index contributed by atoms with van der Waals surface area (Å²) in [7, 11) is 1.49. The topological polar surface area (TPSA) is 82.6 Å². The molecule has 0 aliphatic carbocycles. The molecule has 146 valence electrons. The maximum atomic E-state index is 13.4. The van der Waals surface area contributed by atoms with Crippen molar-refractivity contribution in [3.05, 3.63) is 47.5 Å². The number of ether oxygens (including phenoxy) is 3. The molecule has 0 saturated carbocycles. The molecule has 1 N–H and O–H groups in total. The average Bonchev–Trinajstić information content (AvgIpc) is 2.69. The number of fused-ring (bicyclic) bond motifs is 1. The maximum Gasteiger partial charge on any atom is 0.344 e. The number of halogens is 2. The number of methoxy groups -OCH3 is 1. The van der Waals surface area contributed by atoms with Crippen molar-refractivity contribution in [1.82, 2.24) is 9.97 Å². The minimum atomic E-state index is -0.515. The number of benzene rings is 2. The molecule has 3 rings (SSSR count). The van der Waals surface area contributed by atoms with Crippen molar-refractivity contribution in [2.24, 2.45) is 0 Å². The molecule has 0 atom stereocenters. The summed E-state index contributed by atoms with van der Waals surface area (Å²) < 4.78 is 29.1. The third kappa shape index (κ3) is 4.40. The summed E-state index contributed by atoms with van der Waals surface area (Å²) in [6.07, 6.45) is 1.38. The van der Waals surface area contributed by atoms with Crippen molar-refractivity contribution in [2.75, 3.05) is 25.6 Å². The van der Waals surface area contributed by atoms with E-state index in [1.54, 1.807) is 19.1 Å². The first-order chi connectivity index (χ1) is 13.5. The van der Waals surface area contributed by atoms with Gasteiger partial charge in [-0.1, -0.05) is 11.6 Å². The van der Waals surface area contributed by atoms with E-state index in [4.69, 9.17) is 25.8 Å². The number of nitrogens with zero attached hydrogens (tertiary/aromatic N) is 2. The molecule has 7 nitrogen and oxygen atoms in total. The van der Waals surface area contributed by atoms with Crippen LogP contribution in [-0.2, 0) is 9.53 Å². The second kappa shape index (κ2) is 8.71. The number of aromatic nitrogens is 2. The Balaban J connectivity index is 1.95. The smallest absolute Gasteiger partial charge is 0.344 e. The standard InChI is InChI=1S/C19H17ClFN3O4/c1-3-27-18(25)9-28-17-7-12-15(8-16(17)26-2)22-10-23-19(12)24-11-4-5-14(21)13(20)6-11/h4-8,10H,3,9H2,1-2H3,(H,22,23,24). The summed E-state index contributed by atoms with van der Waals surface area (Å²) in [5.41, 5.74) is 1.14. The summed E-state index contributed by atoms with van der Waals surface area (Å²) >= 11 is 5.83. The molecule has 2 aromatic carbocycles. The molecule has 1 heterocycles. The predicted molar refractivity (Wildman–Crippen MR) is 103 cm³/mol. The van der Waals surface area contributed by atoms with Gasteiger partial charge in [0.05, 0.1) is 24.3 Å². The van der Waals surface area contributed by atoms with Crippen LogP contribution in [0.5, 0.6) is 11.5 Å². The van der Waals surface area contributed by atoms with Crippen molar-refractivity contribution in [3.63, 3.8) is 0 Å². The number of rotatable bonds is 7. The van der Waals surface area contributed by atoms with Crippen molar-refractivity contribution in [3.8, 4) is 11.5 Å². The van der Waals surface area contributed by atoms with Gasteiger partial charge in [0.25, 0.3) is 0 Å². The van der Waals surface area contributed by atoms with Crippen molar-refractivity contribution >= 4 is 40.0 Å². The largest absolute Gasteiger partial charge is 0.493 e. The summed E-state index contributed by atoms with van der Waals surface area (Å²) in [6.45, 7) is 1.71. The molecular formula is C19H17ClFN3O4. The van der Waals surface area contributed by atoms with E-state index in [2.05, 4.69) is 15.3 Å². The van der Waals surface area contributed by atoms with Gasteiger partial charge in [-0.15, -0.1) is 0 Å². The predicted octanol–water partition coefficient (Wildman–Crippen LogP) is 4.12. The fourth-order valence-electron chi connectivity index (χ4n) is 2.49. The first-order valence-electron chi connectivity index (χ1n) is 8.35. The lowest BCUT2D eigenvalue weighted by Crippen LogP contribution is -2.15. The molecule has 9 heteroatoms. The van der Waals surface area contributed by atoms with Crippen LogP contribution < -0.4 is 14.8 Å². The highest BCUT2D eigenvalue weighted by atomic mass is 35.5. The van der Waals surface area contributed by atoms with Crippen molar-refractivity contribution < 1.29 is 23.4 Å². The van der Waals surface area contributed by atoms with Crippen LogP contribution in [0.1, 0.15) is 6.92 Å². The normalized spacial score (nSPS) is 10.6. The number of hydrogen-bond acceptors (Lipinski definition) is 7. The van der Waals surface area contributed by atoms with E-state index in [1.165, 1.54) is 31.6 Å². The third-order valence-electron chi connectivity index (χ3n) is 3.75. The second-order valence-electron chi connectivity index (χ2n) is 5.59. The van der Waals surface area contributed by atoms with Gasteiger partial charge in [0.1, 0.15) is 18.0 Å². The SMILES string of the molecule is CCOC(=O)COc1cc2c(Nc3ccc(F)c(Cl)c3)ncnc2cc1OC.